The number of fused-ring (bicyclic) bond motifs is 1. The highest BCUT2D eigenvalue weighted by Crippen LogP contribution is 2.30. The van der Waals surface area contributed by atoms with Crippen LogP contribution in [0.3, 0.4) is 0 Å². The number of aromatic nitrogens is 6. The maximum atomic E-state index is 12.5. The van der Waals surface area contributed by atoms with Gasteiger partial charge in [0, 0.05) is 30.2 Å². The fraction of sp³-hybridized carbons (Fsp3) is 0.0455. The fourth-order valence-electron chi connectivity index (χ4n) is 3.37. The zero-order valence-corrected chi connectivity index (χ0v) is 17.1. The van der Waals surface area contributed by atoms with Gasteiger partial charge in [-0.3, -0.25) is 4.40 Å². The van der Waals surface area contributed by atoms with Gasteiger partial charge in [-0.05, 0) is 31.2 Å². The zero-order chi connectivity index (χ0) is 22.1. The van der Waals surface area contributed by atoms with Crippen LogP contribution in [-0.4, -0.2) is 35.2 Å². The summed E-state index contributed by atoms with van der Waals surface area (Å²) in [5, 5.41) is 10.3. The lowest BCUT2D eigenvalue weighted by Gasteiger charge is -2.07. The first-order valence-electron chi connectivity index (χ1n) is 9.84. The quantitative estimate of drug-likeness (QED) is 0.400. The Balaban J connectivity index is 1.48. The SMILES string of the molecule is Cc1nc(N)cc(-c2c(Nc3ccn(C(=O)Nc4ccccc4)n3)nc3ccccn23)n1. The molecule has 0 saturated carbocycles. The Kier molecular flexibility index (Phi) is 4.71. The first-order valence-corrected chi connectivity index (χ1v) is 9.84. The van der Waals surface area contributed by atoms with Crippen molar-refractivity contribution in [2.45, 2.75) is 6.92 Å². The molecule has 1 amide bonds. The molecule has 0 unspecified atom stereocenters. The molecule has 0 spiro atoms. The highest BCUT2D eigenvalue weighted by molar-refractivity contribution is 5.90. The number of amides is 1. The summed E-state index contributed by atoms with van der Waals surface area (Å²) >= 11 is 0. The second-order valence-corrected chi connectivity index (χ2v) is 7.03. The lowest BCUT2D eigenvalue weighted by Crippen LogP contribution is -2.19. The minimum atomic E-state index is -0.376. The number of pyridine rings is 1. The van der Waals surface area contributed by atoms with E-state index in [4.69, 9.17) is 5.73 Å². The summed E-state index contributed by atoms with van der Waals surface area (Å²) in [4.78, 5) is 25.8. The smallest absolute Gasteiger partial charge is 0.346 e. The molecular weight excluding hydrogens is 406 g/mol. The summed E-state index contributed by atoms with van der Waals surface area (Å²) < 4.78 is 3.13. The molecule has 32 heavy (non-hydrogen) atoms. The molecule has 10 heteroatoms. The molecule has 0 aliphatic rings. The molecule has 0 atom stereocenters. The van der Waals surface area contributed by atoms with Crippen LogP contribution >= 0.6 is 0 Å². The Labute approximate surface area is 182 Å². The number of hydrogen-bond donors (Lipinski definition) is 3. The van der Waals surface area contributed by atoms with Gasteiger partial charge in [-0.1, -0.05) is 24.3 Å². The van der Waals surface area contributed by atoms with E-state index in [1.165, 1.54) is 4.68 Å². The van der Waals surface area contributed by atoms with Crippen molar-refractivity contribution >= 4 is 34.8 Å². The van der Waals surface area contributed by atoms with Crippen molar-refractivity contribution in [2.75, 3.05) is 16.4 Å². The van der Waals surface area contributed by atoms with Crippen molar-refractivity contribution in [3.63, 3.8) is 0 Å². The van der Waals surface area contributed by atoms with Crippen molar-refractivity contribution in [1.82, 2.24) is 29.1 Å². The Morgan fingerprint density at radius 2 is 1.78 bits per heavy atom. The van der Waals surface area contributed by atoms with Crippen LogP contribution < -0.4 is 16.4 Å². The average Bonchev–Trinajstić information content (AvgIpc) is 3.38. The zero-order valence-electron chi connectivity index (χ0n) is 17.1. The summed E-state index contributed by atoms with van der Waals surface area (Å²) in [7, 11) is 0. The molecule has 5 aromatic rings. The maximum Gasteiger partial charge on any atom is 0.346 e. The number of nitrogens with one attached hydrogen (secondary N) is 2. The normalized spacial score (nSPS) is 10.9. The molecule has 0 bridgehead atoms. The number of para-hydroxylation sites is 1. The van der Waals surface area contributed by atoms with Crippen LogP contribution in [0.25, 0.3) is 17.0 Å². The van der Waals surface area contributed by atoms with Crippen LogP contribution in [0.15, 0.2) is 73.1 Å². The Morgan fingerprint density at radius 1 is 0.969 bits per heavy atom. The predicted molar refractivity (Wildman–Crippen MR) is 122 cm³/mol. The number of nitrogens with two attached hydrogens (primary N) is 1. The monoisotopic (exact) mass is 425 g/mol. The van der Waals surface area contributed by atoms with Crippen molar-refractivity contribution in [2.24, 2.45) is 0 Å². The Morgan fingerprint density at radius 3 is 2.59 bits per heavy atom. The Hall–Kier alpha value is -4.73. The number of nitrogens with zero attached hydrogens (tertiary/aromatic N) is 6. The predicted octanol–water partition coefficient (Wildman–Crippen LogP) is 3.70. The molecule has 1 aromatic carbocycles. The van der Waals surface area contributed by atoms with E-state index in [0.717, 1.165) is 5.65 Å². The van der Waals surface area contributed by atoms with Crippen molar-refractivity contribution < 1.29 is 4.79 Å². The van der Waals surface area contributed by atoms with Gasteiger partial charge in [0.25, 0.3) is 0 Å². The van der Waals surface area contributed by atoms with E-state index in [-0.39, 0.29) is 6.03 Å². The van der Waals surface area contributed by atoms with E-state index >= 15 is 0 Å². The van der Waals surface area contributed by atoms with Crippen molar-refractivity contribution in [3.8, 4) is 11.4 Å². The summed E-state index contributed by atoms with van der Waals surface area (Å²) in [5.41, 5.74) is 8.69. The van der Waals surface area contributed by atoms with Gasteiger partial charge in [-0.15, -0.1) is 5.10 Å². The van der Waals surface area contributed by atoms with E-state index in [1.54, 1.807) is 37.4 Å². The summed E-state index contributed by atoms with van der Waals surface area (Å²) in [5.74, 6) is 1.91. The highest BCUT2D eigenvalue weighted by atomic mass is 16.2. The van der Waals surface area contributed by atoms with Gasteiger partial charge in [-0.2, -0.15) is 4.68 Å². The standard InChI is InChI=1S/C22H19N9O/c1-14-24-16(13-17(23)25-14)20-21(28-19-9-5-6-11-30(19)20)27-18-10-12-31(29-18)22(32)26-15-7-3-2-4-8-15/h2-13H,1H3,(H,26,32)(H,27,29)(H2,23,24,25). The number of hydrogen-bond acceptors (Lipinski definition) is 7. The molecule has 5 rings (SSSR count). The molecule has 0 radical (unpaired) electrons. The molecule has 4 heterocycles. The molecule has 4 aromatic heterocycles. The molecule has 0 aliphatic carbocycles. The van der Waals surface area contributed by atoms with Gasteiger partial charge in [0.2, 0.25) is 0 Å². The molecule has 0 saturated heterocycles. The van der Waals surface area contributed by atoms with Crippen LogP contribution in [0, 0.1) is 6.92 Å². The van der Waals surface area contributed by atoms with Gasteiger partial charge in [-0.25, -0.2) is 19.7 Å². The number of nitrogen functional groups attached to an aromatic ring is 1. The molecule has 0 fully saturated rings. The average molecular weight is 425 g/mol. The minimum absolute atomic E-state index is 0.367. The second-order valence-electron chi connectivity index (χ2n) is 7.03. The topological polar surface area (TPSA) is 128 Å². The maximum absolute atomic E-state index is 12.5. The number of benzene rings is 1. The summed E-state index contributed by atoms with van der Waals surface area (Å²) in [6, 6.07) is 17.9. The third-order valence-electron chi connectivity index (χ3n) is 4.70. The number of carbonyl (C=O) groups is 1. The van der Waals surface area contributed by atoms with E-state index in [9.17, 15) is 4.79 Å². The lowest BCUT2D eigenvalue weighted by molar-refractivity contribution is 0.251. The number of rotatable bonds is 4. The van der Waals surface area contributed by atoms with Crippen molar-refractivity contribution in [1.29, 1.82) is 0 Å². The summed E-state index contributed by atoms with van der Waals surface area (Å²) in [6.45, 7) is 1.78. The fourth-order valence-corrected chi connectivity index (χ4v) is 3.37. The molecular formula is C22H19N9O. The third kappa shape index (κ3) is 3.72. The van der Waals surface area contributed by atoms with E-state index in [0.29, 0.717) is 40.4 Å². The minimum Gasteiger partial charge on any atom is -0.384 e. The van der Waals surface area contributed by atoms with E-state index in [1.807, 2.05) is 47.0 Å². The van der Waals surface area contributed by atoms with Crippen LogP contribution in [-0.2, 0) is 0 Å². The third-order valence-corrected chi connectivity index (χ3v) is 4.70. The van der Waals surface area contributed by atoms with Crippen LogP contribution in [0.5, 0.6) is 0 Å². The molecule has 158 valence electrons. The lowest BCUT2D eigenvalue weighted by atomic mass is 10.2. The number of carbonyl (C=O) groups excluding carboxylic acids is 1. The Bertz CT molecular complexity index is 1400. The van der Waals surface area contributed by atoms with E-state index < -0.39 is 0 Å². The number of aryl methyl sites for hydroxylation is 1. The van der Waals surface area contributed by atoms with Crippen molar-refractivity contribution in [3.05, 3.63) is 78.9 Å². The van der Waals surface area contributed by atoms with E-state index in [2.05, 4.69) is 30.7 Å². The second kappa shape index (κ2) is 7.84. The van der Waals surface area contributed by atoms with Gasteiger partial charge >= 0.3 is 6.03 Å². The summed E-state index contributed by atoms with van der Waals surface area (Å²) in [6.07, 6.45) is 3.46. The first-order chi connectivity index (χ1) is 15.6. The van der Waals surface area contributed by atoms with Gasteiger partial charge in [0.15, 0.2) is 11.6 Å². The molecule has 4 N–H and O–H groups in total. The van der Waals surface area contributed by atoms with Crippen LogP contribution in [0.4, 0.5) is 27.9 Å². The molecule has 0 aliphatic heterocycles. The van der Waals surface area contributed by atoms with Gasteiger partial charge < -0.3 is 16.4 Å². The molecule has 10 nitrogen and oxygen atoms in total. The first kappa shape index (κ1) is 19.2. The number of anilines is 4. The van der Waals surface area contributed by atoms with Gasteiger partial charge in [0.05, 0.1) is 5.69 Å². The highest BCUT2D eigenvalue weighted by Gasteiger charge is 2.18. The van der Waals surface area contributed by atoms with Gasteiger partial charge in [0.1, 0.15) is 23.0 Å². The van der Waals surface area contributed by atoms with Crippen LogP contribution in [0.1, 0.15) is 5.82 Å². The largest absolute Gasteiger partial charge is 0.384 e. The number of imidazole rings is 1. The van der Waals surface area contributed by atoms with Crippen LogP contribution in [0.2, 0.25) is 0 Å².